The predicted octanol–water partition coefficient (Wildman–Crippen LogP) is 2.89. The van der Waals surface area contributed by atoms with E-state index in [2.05, 4.69) is 36.2 Å². The average Bonchev–Trinajstić information content (AvgIpc) is 2.67. The fourth-order valence-corrected chi connectivity index (χ4v) is 5.00. The zero-order chi connectivity index (χ0) is 20.1. The molecule has 148 valence electrons. The number of nitrogens with zero attached hydrogens (tertiary/aromatic N) is 3. The second-order valence-electron chi connectivity index (χ2n) is 7.71. The summed E-state index contributed by atoms with van der Waals surface area (Å²) in [5.41, 5.74) is 6.84. The third-order valence-corrected chi connectivity index (χ3v) is 7.55. The molecule has 0 atom stereocenters. The first-order valence-electron chi connectivity index (χ1n) is 9.47. The van der Waals surface area contributed by atoms with Crippen molar-refractivity contribution >= 4 is 21.7 Å². The van der Waals surface area contributed by atoms with Gasteiger partial charge in [0.2, 0.25) is 10.0 Å². The topological polar surface area (TPSA) is 65.0 Å². The molecule has 0 amide bonds. The maximum absolute atomic E-state index is 12.7. The molecule has 0 aromatic heterocycles. The fraction of sp³-hybridized carbons (Fsp3) is 0.381. The summed E-state index contributed by atoms with van der Waals surface area (Å²) >= 11 is 0. The summed E-state index contributed by atoms with van der Waals surface area (Å²) in [6.07, 6.45) is 0.680. The van der Waals surface area contributed by atoms with Crippen LogP contribution in [0, 0.1) is 13.8 Å². The van der Waals surface area contributed by atoms with Gasteiger partial charge in [0, 0.05) is 32.9 Å². The van der Waals surface area contributed by atoms with E-state index in [1.165, 1.54) is 21.0 Å². The Balaban J connectivity index is 1.61. The normalized spacial score (nSPS) is 16.3. The van der Waals surface area contributed by atoms with Crippen molar-refractivity contribution in [1.82, 2.24) is 9.21 Å². The molecule has 28 heavy (non-hydrogen) atoms. The van der Waals surface area contributed by atoms with Crippen LogP contribution in [0.2, 0.25) is 0 Å². The molecule has 2 aliphatic rings. The minimum Gasteiger partial charge on any atom is -0.338 e. The van der Waals surface area contributed by atoms with Crippen LogP contribution in [0.25, 0.3) is 0 Å². The van der Waals surface area contributed by atoms with E-state index in [4.69, 9.17) is 4.99 Å². The summed E-state index contributed by atoms with van der Waals surface area (Å²) in [4.78, 5) is 7.36. The van der Waals surface area contributed by atoms with Crippen molar-refractivity contribution in [2.24, 2.45) is 4.99 Å². The van der Waals surface area contributed by atoms with Crippen molar-refractivity contribution in [1.29, 1.82) is 0 Å². The molecule has 1 N–H and O–H groups in total. The third kappa shape index (κ3) is 3.18. The first-order valence-corrected chi connectivity index (χ1v) is 10.9. The van der Waals surface area contributed by atoms with Crippen LogP contribution in [-0.2, 0) is 29.5 Å². The van der Waals surface area contributed by atoms with Gasteiger partial charge in [-0.15, -0.1) is 0 Å². The molecule has 7 heteroatoms. The summed E-state index contributed by atoms with van der Waals surface area (Å²) in [5.74, 6) is 0.863. The molecule has 0 saturated heterocycles. The number of aryl methyl sites for hydroxylation is 2. The van der Waals surface area contributed by atoms with Gasteiger partial charge >= 0.3 is 0 Å². The van der Waals surface area contributed by atoms with Gasteiger partial charge in [-0.25, -0.2) is 17.7 Å². The van der Waals surface area contributed by atoms with Crippen LogP contribution in [0.5, 0.6) is 0 Å². The van der Waals surface area contributed by atoms with Crippen LogP contribution < -0.4 is 5.32 Å². The molecule has 0 unspecified atom stereocenters. The number of benzene rings is 2. The molecule has 2 aromatic rings. The van der Waals surface area contributed by atoms with Crippen LogP contribution in [0.4, 0.5) is 5.69 Å². The van der Waals surface area contributed by atoms with Crippen molar-refractivity contribution < 1.29 is 8.42 Å². The van der Waals surface area contributed by atoms with Crippen molar-refractivity contribution in [2.75, 3.05) is 26.0 Å². The van der Waals surface area contributed by atoms with Crippen LogP contribution in [0.1, 0.15) is 27.8 Å². The van der Waals surface area contributed by atoms with Gasteiger partial charge < -0.3 is 10.2 Å². The van der Waals surface area contributed by atoms with E-state index in [9.17, 15) is 8.42 Å². The van der Waals surface area contributed by atoms with E-state index < -0.39 is 10.0 Å². The average molecular weight is 399 g/mol. The number of aliphatic imine (C=N–C) groups is 1. The lowest BCUT2D eigenvalue weighted by Gasteiger charge is -2.34. The highest BCUT2D eigenvalue weighted by atomic mass is 32.2. The lowest BCUT2D eigenvalue weighted by atomic mass is 9.99. The molecule has 0 aliphatic carbocycles. The van der Waals surface area contributed by atoms with Gasteiger partial charge in [-0.1, -0.05) is 18.2 Å². The number of rotatable bonds is 2. The fourth-order valence-electron chi connectivity index (χ4n) is 3.82. The Kier molecular flexibility index (Phi) is 4.67. The smallest absolute Gasteiger partial charge is 0.242 e. The minimum atomic E-state index is -3.44. The first kappa shape index (κ1) is 19.0. The second-order valence-corrected chi connectivity index (χ2v) is 9.83. The van der Waals surface area contributed by atoms with E-state index in [1.807, 2.05) is 12.1 Å². The zero-order valence-electron chi connectivity index (χ0n) is 16.8. The Hall–Kier alpha value is -2.38. The van der Waals surface area contributed by atoms with Crippen LogP contribution in [0.15, 0.2) is 40.2 Å². The quantitative estimate of drug-likeness (QED) is 0.845. The SMILES string of the molecule is Cc1cc2c(cc1C)NC(N1CCc3c(cccc3S(=O)(=O)N(C)C)C1)=NC2. The van der Waals surface area contributed by atoms with E-state index in [1.54, 1.807) is 20.2 Å². The summed E-state index contributed by atoms with van der Waals surface area (Å²) in [6.45, 7) is 6.29. The molecule has 6 nitrogen and oxygen atoms in total. The summed E-state index contributed by atoms with van der Waals surface area (Å²) in [6, 6.07) is 9.93. The summed E-state index contributed by atoms with van der Waals surface area (Å²) in [5, 5.41) is 3.48. The Morgan fingerprint density at radius 2 is 1.86 bits per heavy atom. The Labute approximate surface area is 166 Å². The van der Waals surface area contributed by atoms with E-state index >= 15 is 0 Å². The van der Waals surface area contributed by atoms with Crippen LogP contribution >= 0.6 is 0 Å². The number of fused-ring (bicyclic) bond motifs is 2. The Bertz CT molecular complexity index is 1070. The molecule has 4 rings (SSSR count). The van der Waals surface area contributed by atoms with Gasteiger partial charge in [0.15, 0.2) is 5.96 Å². The van der Waals surface area contributed by atoms with Crippen molar-refractivity contribution in [3.05, 3.63) is 58.1 Å². The Morgan fingerprint density at radius 3 is 2.61 bits per heavy atom. The van der Waals surface area contributed by atoms with Gasteiger partial charge in [-0.2, -0.15) is 0 Å². The van der Waals surface area contributed by atoms with Gasteiger partial charge in [0.05, 0.1) is 11.4 Å². The summed E-state index contributed by atoms with van der Waals surface area (Å²) < 4.78 is 26.6. The van der Waals surface area contributed by atoms with E-state index in [0.717, 1.165) is 29.3 Å². The Morgan fingerprint density at radius 1 is 1.11 bits per heavy atom. The highest BCUT2D eigenvalue weighted by Gasteiger charge is 2.28. The lowest BCUT2D eigenvalue weighted by Crippen LogP contribution is -2.42. The van der Waals surface area contributed by atoms with Crippen molar-refractivity contribution in [3.8, 4) is 0 Å². The minimum absolute atomic E-state index is 0.421. The number of anilines is 1. The molecule has 0 saturated carbocycles. The van der Waals surface area contributed by atoms with Gasteiger partial charge in [-0.3, -0.25) is 0 Å². The summed E-state index contributed by atoms with van der Waals surface area (Å²) in [7, 11) is -0.290. The molecule has 0 spiro atoms. The first-order chi connectivity index (χ1) is 13.3. The van der Waals surface area contributed by atoms with Gasteiger partial charge in [-0.05, 0) is 60.2 Å². The van der Waals surface area contributed by atoms with E-state index in [0.29, 0.717) is 24.4 Å². The largest absolute Gasteiger partial charge is 0.338 e. The van der Waals surface area contributed by atoms with Gasteiger partial charge in [0.1, 0.15) is 0 Å². The number of hydrogen-bond donors (Lipinski definition) is 1. The second kappa shape index (κ2) is 6.90. The highest BCUT2D eigenvalue weighted by Crippen LogP contribution is 2.30. The molecular formula is C21H26N4O2S. The zero-order valence-corrected chi connectivity index (χ0v) is 17.6. The maximum atomic E-state index is 12.7. The molecule has 0 radical (unpaired) electrons. The predicted molar refractivity (Wildman–Crippen MR) is 112 cm³/mol. The molecular weight excluding hydrogens is 372 g/mol. The van der Waals surface area contributed by atoms with Crippen LogP contribution in [-0.4, -0.2) is 44.2 Å². The number of guanidine groups is 1. The van der Waals surface area contributed by atoms with Crippen molar-refractivity contribution in [2.45, 2.75) is 38.3 Å². The lowest BCUT2D eigenvalue weighted by molar-refractivity contribution is 0.387. The third-order valence-electron chi connectivity index (χ3n) is 5.65. The molecule has 0 fully saturated rings. The number of nitrogens with one attached hydrogen (secondary N) is 1. The highest BCUT2D eigenvalue weighted by molar-refractivity contribution is 7.89. The van der Waals surface area contributed by atoms with Crippen LogP contribution in [0.3, 0.4) is 0 Å². The molecule has 2 heterocycles. The standard InChI is InChI=1S/C21H26N4O2S/c1-14-10-17-12-22-21(23-19(17)11-15(14)2)25-9-8-18-16(13-25)6-5-7-20(18)28(26,27)24(3)4/h5-7,10-11H,8-9,12-13H2,1-4H3,(H,22,23). The number of sulfonamides is 1. The molecule has 0 bridgehead atoms. The maximum Gasteiger partial charge on any atom is 0.242 e. The van der Waals surface area contributed by atoms with Crippen molar-refractivity contribution in [3.63, 3.8) is 0 Å². The molecule has 2 aliphatic heterocycles. The van der Waals surface area contributed by atoms with E-state index in [-0.39, 0.29) is 0 Å². The monoisotopic (exact) mass is 398 g/mol. The van der Waals surface area contributed by atoms with Gasteiger partial charge in [0.25, 0.3) is 0 Å². The molecule has 2 aromatic carbocycles. The number of hydrogen-bond acceptors (Lipinski definition) is 5.